The number of amides is 1. The number of amidine groups is 1. The molecule has 0 bridgehead atoms. The van der Waals surface area contributed by atoms with Gasteiger partial charge in [0.15, 0.2) is 5.09 Å². The summed E-state index contributed by atoms with van der Waals surface area (Å²) in [7, 11) is 0. The minimum Gasteiger partial charge on any atom is -0.457 e. The lowest BCUT2D eigenvalue weighted by Gasteiger charge is -2.11. The number of nitrogen functional groups attached to an aromatic ring is 1. The quantitative estimate of drug-likeness (QED) is 0.212. The fourth-order valence-corrected chi connectivity index (χ4v) is 3.91. The molecule has 0 unspecified atom stereocenters. The van der Waals surface area contributed by atoms with E-state index in [0.717, 1.165) is 38.4 Å². The van der Waals surface area contributed by atoms with Gasteiger partial charge in [-0.2, -0.15) is 0 Å². The summed E-state index contributed by atoms with van der Waals surface area (Å²) in [5.41, 5.74) is 9.36. The zero-order valence-electron chi connectivity index (χ0n) is 16.4. The van der Waals surface area contributed by atoms with E-state index in [0.29, 0.717) is 11.1 Å². The van der Waals surface area contributed by atoms with Crippen molar-refractivity contribution < 1.29 is 9.21 Å². The van der Waals surface area contributed by atoms with Crippen molar-refractivity contribution in [3.8, 4) is 11.1 Å². The van der Waals surface area contributed by atoms with Gasteiger partial charge in [0.2, 0.25) is 0 Å². The second-order valence-electron chi connectivity index (χ2n) is 6.78. The van der Waals surface area contributed by atoms with Crippen LogP contribution in [0.15, 0.2) is 82.5 Å². The van der Waals surface area contributed by atoms with E-state index in [1.807, 2.05) is 60.7 Å². The van der Waals surface area contributed by atoms with E-state index in [1.54, 1.807) is 24.1 Å². The summed E-state index contributed by atoms with van der Waals surface area (Å²) in [6, 6.07) is 20.6. The van der Waals surface area contributed by atoms with E-state index in [4.69, 9.17) is 15.6 Å². The molecule has 1 amide bonds. The average Bonchev–Trinajstić information content (AvgIpc) is 3.22. The minimum atomic E-state index is -0.188. The molecule has 0 atom stereocenters. The standard InChI is InChI=1S/C24H21N3O2S/c1-2-30-22-13-18(14-29-22)21-12-17(24(28)27-19-6-4-3-5-7-19)10-15-8-9-16(23(25)26)11-20(15)21/h3-14H,2H2,1H3,(H3,25,26)(H,27,28). The molecule has 0 aliphatic carbocycles. The number of nitrogens with two attached hydrogens (primary N) is 1. The van der Waals surface area contributed by atoms with E-state index < -0.39 is 0 Å². The number of fused-ring (bicyclic) bond motifs is 1. The highest BCUT2D eigenvalue weighted by Gasteiger charge is 2.15. The Hall–Kier alpha value is -3.51. The molecule has 5 nitrogen and oxygen atoms in total. The first-order valence-corrected chi connectivity index (χ1v) is 10.5. The molecule has 0 aliphatic heterocycles. The SMILES string of the molecule is CCSc1cc(-c2cc(C(=O)Nc3ccccc3)cc3ccc(C(=N)N)cc23)co1. The highest BCUT2D eigenvalue weighted by atomic mass is 32.2. The smallest absolute Gasteiger partial charge is 0.255 e. The maximum atomic E-state index is 12.9. The van der Waals surface area contributed by atoms with Crippen LogP contribution in [0.3, 0.4) is 0 Å². The molecule has 0 saturated carbocycles. The fourth-order valence-electron chi connectivity index (χ4n) is 3.30. The van der Waals surface area contributed by atoms with Crippen LogP contribution in [0, 0.1) is 5.41 Å². The molecule has 4 N–H and O–H groups in total. The third-order valence-electron chi connectivity index (χ3n) is 4.73. The van der Waals surface area contributed by atoms with Gasteiger partial charge in [0, 0.05) is 22.4 Å². The van der Waals surface area contributed by atoms with Gasteiger partial charge < -0.3 is 15.5 Å². The minimum absolute atomic E-state index is 0.00293. The Morgan fingerprint density at radius 3 is 2.60 bits per heavy atom. The molecule has 0 radical (unpaired) electrons. The summed E-state index contributed by atoms with van der Waals surface area (Å²) in [5.74, 6) is 0.719. The monoisotopic (exact) mass is 415 g/mol. The van der Waals surface area contributed by atoms with Gasteiger partial charge in [-0.25, -0.2) is 0 Å². The lowest BCUT2D eigenvalue weighted by molar-refractivity contribution is 0.102. The van der Waals surface area contributed by atoms with Crippen molar-refractivity contribution in [3.63, 3.8) is 0 Å². The molecule has 0 spiro atoms. The number of nitrogens with one attached hydrogen (secondary N) is 2. The molecule has 1 aromatic heterocycles. The summed E-state index contributed by atoms with van der Waals surface area (Å²) in [6.45, 7) is 2.07. The number of benzene rings is 3. The van der Waals surface area contributed by atoms with Gasteiger partial charge >= 0.3 is 0 Å². The molecule has 30 heavy (non-hydrogen) atoms. The van der Waals surface area contributed by atoms with Crippen molar-refractivity contribution >= 4 is 40.0 Å². The van der Waals surface area contributed by atoms with Crippen molar-refractivity contribution in [1.29, 1.82) is 5.41 Å². The molecule has 4 rings (SSSR count). The Morgan fingerprint density at radius 1 is 1.07 bits per heavy atom. The van der Waals surface area contributed by atoms with Crippen molar-refractivity contribution in [2.75, 3.05) is 11.1 Å². The van der Waals surface area contributed by atoms with Crippen molar-refractivity contribution in [2.45, 2.75) is 12.0 Å². The Bertz CT molecular complexity index is 1230. The van der Waals surface area contributed by atoms with E-state index in [9.17, 15) is 4.79 Å². The zero-order valence-corrected chi connectivity index (χ0v) is 17.3. The Labute approximate surface area is 178 Å². The highest BCUT2D eigenvalue weighted by Crippen LogP contribution is 2.34. The van der Waals surface area contributed by atoms with E-state index in [-0.39, 0.29) is 11.7 Å². The zero-order chi connectivity index (χ0) is 21.1. The van der Waals surface area contributed by atoms with Crippen LogP contribution in [-0.4, -0.2) is 17.5 Å². The van der Waals surface area contributed by atoms with Crippen LogP contribution in [0.4, 0.5) is 5.69 Å². The number of hydrogen-bond donors (Lipinski definition) is 3. The molecule has 1 heterocycles. The number of carbonyl (C=O) groups excluding carboxylic acids is 1. The number of anilines is 1. The molecule has 0 fully saturated rings. The third kappa shape index (κ3) is 4.09. The maximum absolute atomic E-state index is 12.9. The predicted octanol–water partition coefficient (Wildman–Crippen LogP) is 5.75. The molecule has 150 valence electrons. The molecule has 6 heteroatoms. The number of carbonyl (C=O) groups is 1. The molecular formula is C24H21N3O2S. The molecule has 4 aromatic rings. The summed E-state index contributed by atoms with van der Waals surface area (Å²) >= 11 is 1.62. The van der Waals surface area contributed by atoms with Gasteiger partial charge in [0.1, 0.15) is 5.84 Å². The maximum Gasteiger partial charge on any atom is 0.255 e. The topological polar surface area (TPSA) is 92.1 Å². The van der Waals surface area contributed by atoms with Crippen LogP contribution in [-0.2, 0) is 0 Å². The fraction of sp³-hybridized carbons (Fsp3) is 0.0833. The summed E-state index contributed by atoms with van der Waals surface area (Å²) < 4.78 is 5.68. The van der Waals surface area contributed by atoms with E-state index in [1.165, 1.54) is 0 Å². The van der Waals surface area contributed by atoms with Crippen LogP contribution in [0.25, 0.3) is 21.9 Å². The second kappa shape index (κ2) is 8.47. The Morgan fingerprint density at radius 2 is 1.87 bits per heavy atom. The summed E-state index contributed by atoms with van der Waals surface area (Å²) in [5, 5.41) is 13.3. The third-order valence-corrected chi connectivity index (χ3v) is 5.52. The number of furan rings is 1. The van der Waals surface area contributed by atoms with Crippen LogP contribution in [0.2, 0.25) is 0 Å². The van der Waals surface area contributed by atoms with Crippen molar-refractivity contribution in [2.24, 2.45) is 5.73 Å². The summed E-state index contributed by atoms with van der Waals surface area (Å²) in [6.07, 6.45) is 1.70. The normalized spacial score (nSPS) is 10.8. The predicted molar refractivity (Wildman–Crippen MR) is 123 cm³/mol. The van der Waals surface area contributed by atoms with E-state index >= 15 is 0 Å². The van der Waals surface area contributed by atoms with Gasteiger partial charge in [-0.3, -0.25) is 10.2 Å². The van der Waals surface area contributed by atoms with Crippen LogP contribution in [0.5, 0.6) is 0 Å². The van der Waals surface area contributed by atoms with Gasteiger partial charge in [-0.1, -0.05) is 49.0 Å². The second-order valence-corrected chi connectivity index (χ2v) is 8.05. The van der Waals surface area contributed by atoms with Gasteiger partial charge in [0.25, 0.3) is 5.91 Å². The van der Waals surface area contributed by atoms with Crippen molar-refractivity contribution in [1.82, 2.24) is 0 Å². The van der Waals surface area contributed by atoms with Gasteiger partial charge in [0.05, 0.1) is 6.26 Å². The van der Waals surface area contributed by atoms with E-state index in [2.05, 4.69) is 12.2 Å². The van der Waals surface area contributed by atoms with Gasteiger partial charge in [-0.05, 0) is 58.5 Å². The first kappa shape index (κ1) is 19.8. The first-order valence-electron chi connectivity index (χ1n) is 9.55. The first-order chi connectivity index (χ1) is 14.5. The van der Waals surface area contributed by atoms with Crippen LogP contribution < -0.4 is 11.1 Å². The van der Waals surface area contributed by atoms with Gasteiger partial charge in [-0.15, -0.1) is 0 Å². The van der Waals surface area contributed by atoms with Crippen molar-refractivity contribution in [3.05, 3.63) is 84.1 Å². The summed E-state index contributed by atoms with van der Waals surface area (Å²) in [4.78, 5) is 12.9. The van der Waals surface area contributed by atoms with Crippen LogP contribution >= 0.6 is 11.8 Å². The lowest BCUT2D eigenvalue weighted by Crippen LogP contribution is -2.12. The molecular weight excluding hydrogens is 394 g/mol. The number of para-hydroxylation sites is 1. The number of thioether (sulfide) groups is 1. The lowest BCUT2D eigenvalue weighted by atomic mass is 9.95. The average molecular weight is 416 g/mol. The highest BCUT2D eigenvalue weighted by molar-refractivity contribution is 7.99. The molecule has 0 aliphatic rings. The Kier molecular flexibility index (Phi) is 5.59. The Balaban J connectivity index is 1.83. The number of rotatable bonds is 6. The molecule has 0 saturated heterocycles. The molecule has 3 aromatic carbocycles. The number of hydrogen-bond acceptors (Lipinski definition) is 4. The van der Waals surface area contributed by atoms with Crippen LogP contribution in [0.1, 0.15) is 22.8 Å². The largest absolute Gasteiger partial charge is 0.457 e.